The molecule has 0 spiro atoms. The lowest BCUT2D eigenvalue weighted by Gasteiger charge is -2.72. The molecule has 8 N–H and O–H groups in total. The first-order chi connectivity index (χ1) is 21.8. The second kappa shape index (κ2) is 11.4. The molecule has 0 radical (unpaired) electrons. The highest BCUT2D eigenvalue weighted by Gasteiger charge is 2.71. The third-order valence-electron chi connectivity index (χ3n) is 15.4. The number of carboxylic acid groups (broad SMARTS) is 1. The Hall–Kier alpha value is -1.15. The van der Waals surface area contributed by atoms with Gasteiger partial charge in [0.2, 0.25) is 0 Å². The summed E-state index contributed by atoms with van der Waals surface area (Å²) in [4.78, 5) is 13.0. The molecule has 1 saturated heterocycles. The molecule has 11 nitrogen and oxygen atoms in total. The predicted molar refractivity (Wildman–Crippen MR) is 170 cm³/mol. The SMILES string of the molecule is CC1(C)C[C@H]2C3=CC[C@@H]4[C@@]5(C)C[C@@H](O)[C@H](O[C@@H]6O[C@H](CO)[C@@H](O)[C@H](O)[C@H]6O)[C@@](C)(CO)[C@@H]5CC[C@@]4(C)[C@]3(C)CC[C@@]2(C(=O)O)CC1O. The standard InChI is InChI=1S/C36H58O11/c1-31(2)13-19-18-7-8-23-32(3)14-20(39)28(47-29-27(43)26(42)25(41)21(16-37)46-29)33(4,17-38)22(32)9-10-35(23,6)34(18,5)11-12-36(19,30(44)45)15-24(31)40/h7,19-29,37-43H,8-17H2,1-6H3,(H,44,45)/t19-,20+,21+,22+,23+,24?,25+,26-,27+,28-,29-,32-,33-,34+,35+,36+/m0/s1. The number of aliphatic hydroxyl groups excluding tert-OH is 7. The number of ether oxygens (including phenoxy) is 2. The normalized spacial score (nSPS) is 55.5. The van der Waals surface area contributed by atoms with Gasteiger partial charge in [0.1, 0.15) is 24.4 Å². The Morgan fingerprint density at radius 1 is 0.894 bits per heavy atom. The Labute approximate surface area is 278 Å². The van der Waals surface area contributed by atoms with Gasteiger partial charge in [0.05, 0.1) is 36.9 Å². The molecule has 0 aromatic heterocycles. The van der Waals surface area contributed by atoms with Gasteiger partial charge in [-0.2, -0.15) is 0 Å². The van der Waals surface area contributed by atoms with Crippen LogP contribution in [0, 0.1) is 50.2 Å². The number of hydrogen-bond acceptors (Lipinski definition) is 10. The lowest BCUT2D eigenvalue weighted by atomic mass is 9.33. The molecule has 1 aliphatic heterocycles. The van der Waals surface area contributed by atoms with Crippen LogP contribution in [0.25, 0.3) is 0 Å². The lowest BCUT2D eigenvalue weighted by Crippen LogP contribution is -2.69. The van der Waals surface area contributed by atoms with E-state index < -0.39 is 83.3 Å². The summed E-state index contributed by atoms with van der Waals surface area (Å²) in [6, 6.07) is 0. The van der Waals surface area contributed by atoms with Crippen molar-refractivity contribution >= 4 is 5.97 Å². The molecular weight excluding hydrogens is 608 g/mol. The zero-order chi connectivity index (χ0) is 34.7. The molecule has 6 rings (SSSR count). The van der Waals surface area contributed by atoms with Crippen LogP contribution in [0.15, 0.2) is 11.6 Å². The lowest BCUT2D eigenvalue weighted by molar-refractivity contribution is -0.345. The topological polar surface area (TPSA) is 197 Å². The van der Waals surface area contributed by atoms with Crippen LogP contribution in [-0.4, -0.2) is 109 Å². The summed E-state index contributed by atoms with van der Waals surface area (Å²) < 4.78 is 11.9. The monoisotopic (exact) mass is 666 g/mol. The van der Waals surface area contributed by atoms with Crippen molar-refractivity contribution in [3.63, 3.8) is 0 Å². The van der Waals surface area contributed by atoms with Crippen molar-refractivity contribution in [1.29, 1.82) is 0 Å². The maximum absolute atomic E-state index is 13.0. The smallest absolute Gasteiger partial charge is 0.310 e. The van der Waals surface area contributed by atoms with Gasteiger partial charge in [-0.3, -0.25) is 4.79 Å². The Bertz CT molecular complexity index is 1270. The summed E-state index contributed by atoms with van der Waals surface area (Å²) in [7, 11) is 0. The van der Waals surface area contributed by atoms with E-state index in [1.54, 1.807) is 0 Å². The average Bonchev–Trinajstić information content (AvgIpc) is 3.00. The van der Waals surface area contributed by atoms with E-state index >= 15 is 0 Å². The van der Waals surface area contributed by atoms with Crippen LogP contribution in [0.3, 0.4) is 0 Å². The van der Waals surface area contributed by atoms with E-state index in [4.69, 9.17) is 9.47 Å². The maximum atomic E-state index is 13.0. The number of hydrogen-bond donors (Lipinski definition) is 8. The first-order valence-corrected chi connectivity index (χ1v) is 17.6. The molecule has 6 aliphatic rings. The van der Waals surface area contributed by atoms with Gasteiger partial charge in [0.25, 0.3) is 0 Å². The van der Waals surface area contributed by atoms with Crippen LogP contribution in [0.4, 0.5) is 0 Å². The van der Waals surface area contributed by atoms with E-state index in [0.29, 0.717) is 25.7 Å². The minimum absolute atomic E-state index is 0.0830. The highest BCUT2D eigenvalue weighted by Crippen LogP contribution is 2.76. The summed E-state index contributed by atoms with van der Waals surface area (Å²) in [5.41, 5.74) is -2.05. The van der Waals surface area contributed by atoms with Crippen molar-refractivity contribution in [3.05, 3.63) is 11.6 Å². The number of fused-ring (bicyclic) bond motifs is 7. The fourth-order valence-corrected chi connectivity index (χ4v) is 12.3. The molecule has 47 heavy (non-hydrogen) atoms. The van der Waals surface area contributed by atoms with Crippen molar-refractivity contribution < 1.29 is 55.1 Å². The van der Waals surface area contributed by atoms with Crippen LogP contribution in [0.2, 0.25) is 0 Å². The highest BCUT2D eigenvalue weighted by molar-refractivity contribution is 5.77. The van der Waals surface area contributed by atoms with Gasteiger partial charge < -0.3 is 50.3 Å². The molecule has 268 valence electrons. The van der Waals surface area contributed by atoms with Crippen LogP contribution >= 0.6 is 0 Å². The summed E-state index contributed by atoms with van der Waals surface area (Å²) >= 11 is 0. The third-order valence-corrected chi connectivity index (χ3v) is 15.4. The van der Waals surface area contributed by atoms with E-state index in [2.05, 4.69) is 26.8 Å². The summed E-state index contributed by atoms with van der Waals surface area (Å²) in [6.45, 7) is 12.0. The molecule has 1 heterocycles. The molecule has 5 fully saturated rings. The first-order valence-electron chi connectivity index (χ1n) is 17.6. The number of carbonyl (C=O) groups is 1. The van der Waals surface area contributed by atoms with Crippen molar-refractivity contribution in [1.82, 2.24) is 0 Å². The fraction of sp³-hybridized carbons (Fsp3) is 0.917. The van der Waals surface area contributed by atoms with Gasteiger partial charge in [-0.15, -0.1) is 0 Å². The van der Waals surface area contributed by atoms with E-state index in [1.807, 2.05) is 20.8 Å². The van der Waals surface area contributed by atoms with Gasteiger partial charge >= 0.3 is 5.97 Å². The van der Waals surface area contributed by atoms with Crippen LogP contribution < -0.4 is 0 Å². The van der Waals surface area contributed by atoms with Gasteiger partial charge in [-0.25, -0.2) is 0 Å². The molecule has 5 aliphatic carbocycles. The highest BCUT2D eigenvalue weighted by atomic mass is 16.7. The van der Waals surface area contributed by atoms with Crippen molar-refractivity contribution in [2.75, 3.05) is 13.2 Å². The number of carboxylic acids is 1. The zero-order valence-corrected chi connectivity index (χ0v) is 28.8. The van der Waals surface area contributed by atoms with Gasteiger partial charge in [0, 0.05) is 5.41 Å². The van der Waals surface area contributed by atoms with Crippen molar-refractivity contribution in [3.8, 4) is 0 Å². The molecule has 4 saturated carbocycles. The summed E-state index contributed by atoms with van der Waals surface area (Å²) in [5, 5.41) is 85.7. The van der Waals surface area contributed by atoms with Gasteiger partial charge in [0.15, 0.2) is 6.29 Å². The molecule has 11 heteroatoms. The molecule has 0 amide bonds. The minimum atomic E-state index is -1.62. The molecule has 0 aromatic rings. The summed E-state index contributed by atoms with van der Waals surface area (Å²) in [5.74, 6) is -0.949. The van der Waals surface area contributed by atoms with Gasteiger partial charge in [-0.05, 0) is 90.8 Å². The molecular formula is C36H58O11. The van der Waals surface area contributed by atoms with Crippen LogP contribution in [0.5, 0.6) is 0 Å². The average molecular weight is 667 g/mol. The number of allylic oxidation sites excluding steroid dienone is 2. The second-order valence-corrected chi connectivity index (χ2v) is 17.9. The van der Waals surface area contributed by atoms with Crippen molar-refractivity contribution in [2.24, 2.45) is 50.2 Å². The van der Waals surface area contributed by atoms with E-state index in [1.165, 1.54) is 5.57 Å². The maximum Gasteiger partial charge on any atom is 0.310 e. The first kappa shape index (κ1) is 35.7. The quantitative estimate of drug-likeness (QED) is 0.158. The Balaban J connectivity index is 1.34. The third kappa shape index (κ3) is 4.74. The molecule has 0 bridgehead atoms. The number of aliphatic carboxylic acids is 1. The second-order valence-electron chi connectivity index (χ2n) is 17.9. The number of aliphatic hydroxyl groups is 7. The van der Waals surface area contributed by atoms with Crippen molar-refractivity contribution in [2.45, 2.75) is 142 Å². The molecule has 0 aromatic carbocycles. The van der Waals surface area contributed by atoms with E-state index in [0.717, 1.165) is 19.3 Å². The molecule has 16 atom stereocenters. The fourth-order valence-electron chi connectivity index (χ4n) is 12.3. The Kier molecular flexibility index (Phi) is 8.68. The summed E-state index contributed by atoms with van der Waals surface area (Å²) in [6.07, 6.45) is -3.01. The molecule has 1 unspecified atom stereocenters. The minimum Gasteiger partial charge on any atom is -0.481 e. The number of rotatable bonds is 5. The largest absolute Gasteiger partial charge is 0.481 e. The van der Waals surface area contributed by atoms with Gasteiger partial charge in [-0.1, -0.05) is 53.2 Å². The Morgan fingerprint density at radius 2 is 1.57 bits per heavy atom. The van der Waals surface area contributed by atoms with E-state index in [-0.39, 0.29) is 41.6 Å². The van der Waals surface area contributed by atoms with E-state index in [9.17, 15) is 45.6 Å². The Morgan fingerprint density at radius 3 is 2.19 bits per heavy atom. The zero-order valence-electron chi connectivity index (χ0n) is 28.8. The van der Waals surface area contributed by atoms with Crippen LogP contribution in [0.1, 0.15) is 92.9 Å². The predicted octanol–water partition coefficient (Wildman–Crippen LogP) is 1.97. The van der Waals surface area contributed by atoms with Crippen LogP contribution in [-0.2, 0) is 14.3 Å².